The van der Waals surface area contributed by atoms with Crippen molar-refractivity contribution in [3.63, 3.8) is 0 Å². The maximum atomic E-state index is 4.82. The standard InChI is InChI=1S/C11H16.C4H8O2/c1-4-11(2,3)10-8-6-5-7-9-10;1-5-2-4-3-6-4/h5-9H,4H2,1-3H3;4H,2-3H2,1H3. The van der Waals surface area contributed by atoms with E-state index in [1.54, 1.807) is 7.11 Å². The minimum Gasteiger partial charge on any atom is -0.382 e. The second-order valence-electron chi connectivity index (χ2n) is 5.01. The van der Waals surface area contributed by atoms with E-state index >= 15 is 0 Å². The van der Waals surface area contributed by atoms with Crippen LogP contribution in [0.25, 0.3) is 0 Å². The Balaban J connectivity index is 0.000000202. The first kappa shape index (κ1) is 14.2. The average molecular weight is 236 g/mol. The summed E-state index contributed by atoms with van der Waals surface area (Å²) in [4.78, 5) is 0. The summed E-state index contributed by atoms with van der Waals surface area (Å²) < 4.78 is 9.56. The van der Waals surface area contributed by atoms with Crippen LogP contribution in [-0.2, 0) is 14.9 Å². The van der Waals surface area contributed by atoms with Crippen molar-refractivity contribution in [1.29, 1.82) is 0 Å². The molecule has 0 radical (unpaired) electrons. The highest BCUT2D eigenvalue weighted by Gasteiger charge is 2.21. The number of epoxide rings is 1. The number of hydrogen-bond acceptors (Lipinski definition) is 2. The lowest BCUT2D eigenvalue weighted by Gasteiger charge is -2.22. The summed E-state index contributed by atoms with van der Waals surface area (Å²) in [5, 5.41) is 0. The molecule has 0 amide bonds. The van der Waals surface area contributed by atoms with Gasteiger partial charge in [-0.25, -0.2) is 0 Å². The zero-order valence-electron chi connectivity index (χ0n) is 11.4. The normalized spacial score (nSPS) is 18.2. The quantitative estimate of drug-likeness (QED) is 0.747. The molecular formula is C15H24O2. The van der Waals surface area contributed by atoms with Crippen LogP contribution in [0, 0.1) is 0 Å². The Morgan fingerprint density at radius 2 is 1.88 bits per heavy atom. The monoisotopic (exact) mass is 236 g/mol. The van der Waals surface area contributed by atoms with Gasteiger partial charge in [-0.1, -0.05) is 51.1 Å². The van der Waals surface area contributed by atoms with Gasteiger partial charge in [-0.05, 0) is 17.4 Å². The molecule has 0 N–H and O–H groups in total. The molecule has 1 fully saturated rings. The van der Waals surface area contributed by atoms with Crippen molar-refractivity contribution in [1.82, 2.24) is 0 Å². The average Bonchev–Trinajstić information content (AvgIpc) is 3.16. The van der Waals surface area contributed by atoms with Crippen molar-refractivity contribution in [2.24, 2.45) is 0 Å². The van der Waals surface area contributed by atoms with Crippen LogP contribution in [0.4, 0.5) is 0 Å². The largest absolute Gasteiger partial charge is 0.382 e. The van der Waals surface area contributed by atoms with Gasteiger partial charge in [0.15, 0.2) is 0 Å². The lowest BCUT2D eigenvalue weighted by Crippen LogP contribution is -2.14. The van der Waals surface area contributed by atoms with Gasteiger partial charge < -0.3 is 9.47 Å². The third kappa shape index (κ3) is 5.33. The molecule has 2 rings (SSSR count). The van der Waals surface area contributed by atoms with E-state index in [1.807, 2.05) is 0 Å². The van der Waals surface area contributed by atoms with Gasteiger partial charge in [-0.15, -0.1) is 0 Å². The third-order valence-corrected chi connectivity index (χ3v) is 3.19. The van der Waals surface area contributed by atoms with Crippen LogP contribution in [-0.4, -0.2) is 26.4 Å². The van der Waals surface area contributed by atoms with Crippen LogP contribution in [0.5, 0.6) is 0 Å². The molecule has 17 heavy (non-hydrogen) atoms. The number of hydrogen-bond donors (Lipinski definition) is 0. The molecule has 1 heterocycles. The lowest BCUT2D eigenvalue weighted by atomic mass is 9.82. The van der Waals surface area contributed by atoms with Gasteiger partial charge in [0.2, 0.25) is 0 Å². The molecule has 1 aliphatic heterocycles. The number of benzene rings is 1. The molecule has 1 unspecified atom stereocenters. The predicted octanol–water partition coefficient (Wildman–Crippen LogP) is 3.41. The van der Waals surface area contributed by atoms with Crippen molar-refractivity contribution in [3.05, 3.63) is 35.9 Å². The number of ether oxygens (including phenoxy) is 2. The molecule has 0 aliphatic carbocycles. The Morgan fingerprint density at radius 3 is 2.24 bits per heavy atom. The van der Waals surface area contributed by atoms with E-state index in [1.165, 1.54) is 12.0 Å². The summed E-state index contributed by atoms with van der Waals surface area (Å²) in [5.74, 6) is 0. The zero-order valence-corrected chi connectivity index (χ0v) is 11.4. The summed E-state index contributed by atoms with van der Waals surface area (Å²) in [7, 11) is 1.68. The maximum Gasteiger partial charge on any atom is 0.104 e. The molecule has 0 saturated carbocycles. The molecule has 96 valence electrons. The molecule has 0 aromatic heterocycles. The first-order chi connectivity index (χ1) is 8.10. The van der Waals surface area contributed by atoms with E-state index in [0.717, 1.165) is 13.2 Å². The summed E-state index contributed by atoms with van der Waals surface area (Å²) in [6.45, 7) is 8.45. The first-order valence-corrected chi connectivity index (χ1v) is 6.26. The highest BCUT2D eigenvalue weighted by atomic mass is 16.6. The van der Waals surface area contributed by atoms with Crippen molar-refractivity contribution < 1.29 is 9.47 Å². The highest BCUT2D eigenvalue weighted by molar-refractivity contribution is 5.22. The van der Waals surface area contributed by atoms with Crippen LogP contribution in [0.3, 0.4) is 0 Å². The number of methoxy groups -OCH3 is 1. The first-order valence-electron chi connectivity index (χ1n) is 6.26. The van der Waals surface area contributed by atoms with Crippen LogP contribution >= 0.6 is 0 Å². The topological polar surface area (TPSA) is 21.8 Å². The van der Waals surface area contributed by atoms with Gasteiger partial charge in [0, 0.05) is 7.11 Å². The number of rotatable bonds is 4. The van der Waals surface area contributed by atoms with Crippen LogP contribution in [0.15, 0.2) is 30.3 Å². The van der Waals surface area contributed by atoms with Crippen LogP contribution in [0.1, 0.15) is 32.8 Å². The fourth-order valence-corrected chi connectivity index (χ4v) is 1.44. The highest BCUT2D eigenvalue weighted by Crippen LogP contribution is 2.25. The second-order valence-corrected chi connectivity index (χ2v) is 5.01. The van der Waals surface area contributed by atoms with E-state index in [4.69, 9.17) is 9.47 Å². The van der Waals surface area contributed by atoms with Crippen LogP contribution < -0.4 is 0 Å². The summed E-state index contributed by atoms with van der Waals surface area (Å²) in [6.07, 6.45) is 1.62. The van der Waals surface area contributed by atoms with Crippen molar-refractivity contribution in [3.8, 4) is 0 Å². The fraction of sp³-hybridized carbons (Fsp3) is 0.600. The Labute approximate surface area is 105 Å². The van der Waals surface area contributed by atoms with Gasteiger partial charge in [-0.2, -0.15) is 0 Å². The van der Waals surface area contributed by atoms with Gasteiger partial charge in [0.25, 0.3) is 0 Å². The molecule has 1 aromatic rings. The Kier molecular flexibility index (Phi) is 5.66. The molecule has 1 aliphatic rings. The Hall–Kier alpha value is -0.860. The smallest absolute Gasteiger partial charge is 0.104 e. The molecular weight excluding hydrogens is 212 g/mol. The fourth-order valence-electron chi connectivity index (χ4n) is 1.44. The van der Waals surface area contributed by atoms with E-state index in [0.29, 0.717) is 11.5 Å². The minimum absolute atomic E-state index is 0.335. The van der Waals surface area contributed by atoms with E-state index in [9.17, 15) is 0 Å². The van der Waals surface area contributed by atoms with Crippen molar-refractivity contribution in [2.45, 2.75) is 38.7 Å². The minimum atomic E-state index is 0.335. The SMILES string of the molecule is CCC(C)(C)c1ccccc1.COCC1CO1. The van der Waals surface area contributed by atoms with E-state index < -0.39 is 0 Å². The molecule has 1 aromatic carbocycles. The Bertz CT molecular complexity index is 302. The lowest BCUT2D eigenvalue weighted by molar-refractivity contribution is 0.171. The molecule has 2 nitrogen and oxygen atoms in total. The summed E-state index contributed by atoms with van der Waals surface area (Å²) in [5.41, 5.74) is 1.77. The zero-order chi connectivity index (χ0) is 12.7. The van der Waals surface area contributed by atoms with E-state index in [-0.39, 0.29) is 0 Å². The van der Waals surface area contributed by atoms with Gasteiger partial charge in [0.1, 0.15) is 6.10 Å². The molecule has 2 heteroatoms. The molecule has 0 spiro atoms. The Morgan fingerprint density at radius 1 is 1.29 bits per heavy atom. The van der Waals surface area contributed by atoms with Crippen molar-refractivity contribution >= 4 is 0 Å². The molecule has 0 bridgehead atoms. The van der Waals surface area contributed by atoms with Gasteiger partial charge >= 0.3 is 0 Å². The summed E-state index contributed by atoms with van der Waals surface area (Å²) in [6, 6.07) is 10.7. The third-order valence-electron chi connectivity index (χ3n) is 3.19. The van der Waals surface area contributed by atoms with Crippen molar-refractivity contribution in [2.75, 3.05) is 20.3 Å². The second kappa shape index (κ2) is 6.77. The van der Waals surface area contributed by atoms with Gasteiger partial charge in [-0.3, -0.25) is 0 Å². The summed E-state index contributed by atoms with van der Waals surface area (Å²) >= 11 is 0. The maximum absolute atomic E-state index is 4.82. The molecule has 1 atom stereocenters. The predicted molar refractivity (Wildman–Crippen MR) is 71.4 cm³/mol. The van der Waals surface area contributed by atoms with E-state index in [2.05, 4.69) is 51.1 Å². The molecule has 1 saturated heterocycles. The van der Waals surface area contributed by atoms with Crippen LogP contribution in [0.2, 0.25) is 0 Å². The van der Waals surface area contributed by atoms with Gasteiger partial charge in [0.05, 0.1) is 13.2 Å².